The number of aryl methyl sites for hydroxylation is 4. The third-order valence-electron chi connectivity index (χ3n) is 4.45. The average Bonchev–Trinajstić information content (AvgIpc) is 2.92. The number of carbonyl (C=O) groups excluding carboxylic acids is 1. The maximum absolute atomic E-state index is 12.0. The molecular formula is C21H25N3O. The maximum Gasteiger partial charge on any atom is 0.220 e. The van der Waals surface area contributed by atoms with Crippen LogP contribution in [0.15, 0.2) is 48.5 Å². The Morgan fingerprint density at radius 3 is 2.80 bits per heavy atom. The standard InChI is InChI=1S/C21H25N3O/c1-16-7-5-8-18(15-16)11-12-21(25)22-13-6-14-24-17(2)23-19-9-3-4-10-20(19)24/h3-5,7-10,15H,6,11-14H2,1-2H3,(H,22,25). The van der Waals surface area contributed by atoms with Crippen LogP contribution in [0, 0.1) is 13.8 Å². The molecule has 0 bridgehead atoms. The van der Waals surface area contributed by atoms with Crippen molar-refractivity contribution in [3.8, 4) is 0 Å². The molecule has 0 aliphatic heterocycles. The lowest BCUT2D eigenvalue weighted by Crippen LogP contribution is -2.25. The van der Waals surface area contributed by atoms with Crippen molar-refractivity contribution in [3.05, 3.63) is 65.5 Å². The van der Waals surface area contributed by atoms with Gasteiger partial charge in [-0.3, -0.25) is 4.79 Å². The molecule has 0 radical (unpaired) electrons. The second-order valence-electron chi connectivity index (χ2n) is 6.49. The second kappa shape index (κ2) is 7.97. The van der Waals surface area contributed by atoms with Crippen molar-refractivity contribution in [3.63, 3.8) is 0 Å². The Balaban J connectivity index is 1.43. The highest BCUT2D eigenvalue weighted by Crippen LogP contribution is 2.15. The molecule has 3 aromatic rings. The van der Waals surface area contributed by atoms with Gasteiger partial charge in [-0.1, -0.05) is 42.0 Å². The summed E-state index contributed by atoms with van der Waals surface area (Å²) < 4.78 is 2.22. The largest absolute Gasteiger partial charge is 0.356 e. The normalized spacial score (nSPS) is 11.0. The number of aromatic nitrogens is 2. The molecule has 1 amide bonds. The van der Waals surface area contributed by atoms with Gasteiger partial charge in [-0.05, 0) is 44.4 Å². The van der Waals surface area contributed by atoms with Crippen molar-refractivity contribution >= 4 is 16.9 Å². The van der Waals surface area contributed by atoms with E-state index in [0.29, 0.717) is 13.0 Å². The summed E-state index contributed by atoms with van der Waals surface area (Å²) in [4.78, 5) is 16.6. The van der Waals surface area contributed by atoms with Gasteiger partial charge in [0, 0.05) is 19.5 Å². The molecule has 2 aromatic carbocycles. The average molecular weight is 335 g/mol. The summed E-state index contributed by atoms with van der Waals surface area (Å²) in [5, 5.41) is 3.02. The summed E-state index contributed by atoms with van der Waals surface area (Å²) in [6.07, 6.45) is 2.23. The quantitative estimate of drug-likeness (QED) is 0.668. The van der Waals surface area contributed by atoms with E-state index >= 15 is 0 Å². The van der Waals surface area contributed by atoms with Crippen molar-refractivity contribution in [1.82, 2.24) is 14.9 Å². The first kappa shape index (κ1) is 17.2. The van der Waals surface area contributed by atoms with Crippen LogP contribution in [0.2, 0.25) is 0 Å². The Morgan fingerprint density at radius 2 is 1.96 bits per heavy atom. The fourth-order valence-electron chi connectivity index (χ4n) is 3.16. The van der Waals surface area contributed by atoms with Crippen LogP contribution in [0.5, 0.6) is 0 Å². The molecule has 0 saturated carbocycles. The Labute approximate surface area is 148 Å². The Bertz CT molecular complexity index is 866. The minimum Gasteiger partial charge on any atom is -0.356 e. The van der Waals surface area contributed by atoms with Gasteiger partial charge in [0.2, 0.25) is 5.91 Å². The first-order valence-electron chi connectivity index (χ1n) is 8.87. The summed E-state index contributed by atoms with van der Waals surface area (Å²) in [7, 11) is 0. The van der Waals surface area contributed by atoms with E-state index in [2.05, 4.69) is 46.1 Å². The first-order valence-corrected chi connectivity index (χ1v) is 8.87. The predicted molar refractivity (Wildman–Crippen MR) is 102 cm³/mol. The van der Waals surface area contributed by atoms with Gasteiger partial charge in [0.05, 0.1) is 11.0 Å². The number of fused-ring (bicyclic) bond motifs is 1. The molecule has 0 aliphatic carbocycles. The van der Waals surface area contributed by atoms with Gasteiger partial charge >= 0.3 is 0 Å². The molecule has 4 nitrogen and oxygen atoms in total. The lowest BCUT2D eigenvalue weighted by Gasteiger charge is -2.08. The molecule has 25 heavy (non-hydrogen) atoms. The Hall–Kier alpha value is -2.62. The second-order valence-corrected chi connectivity index (χ2v) is 6.49. The zero-order valence-corrected chi connectivity index (χ0v) is 15.0. The third-order valence-corrected chi connectivity index (χ3v) is 4.45. The Morgan fingerprint density at radius 1 is 1.12 bits per heavy atom. The first-order chi connectivity index (χ1) is 12.1. The number of rotatable bonds is 7. The zero-order valence-electron chi connectivity index (χ0n) is 15.0. The van der Waals surface area contributed by atoms with Crippen molar-refractivity contribution in [1.29, 1.82) is 0 Å². The van der Waals surface area contributed by atoms with Crippen LogP contribution in [-0.4, -0.2) is 22.0 Å². The number of hydrogen-bond donors (Lipinski definition) is 1. The van der Waals surface area contributed by atoms with Gasteiger partial charge < -0.3 is 9.88 Å². The van der Waals surface area contributed by atoms with Crippen molar-refractivity contribution in [2.45, 2.75) is 39.7 Å². The van der Waals surface area contributed by atoms with Crippen molar-refractivity contribution < 1.29 is 4.79 Å². The van der Waals surface area contributed by atoms with Crippen LogP contribution < -0.4 is 5.32 Å². The molecule has 0 saturated heterocycles. The van der Waals surface area contributed by atoms with Crippen LogP contribution in [0.1, 0.15) is 29.8 Å². The van der Waals surface area contributed by atoms with E-state index in [1.807, 2.05) is 31.2 Å². The molecule has 3 rings (SSSR count). The molecular weight excluding hydrogens is 310 g/mol. The summed E-state index contributed by atoms with van der Waals surface area (Å²) >= 11 is 0. The van der Waals surface area contributed by atoms with Crippen molar-refractivity contribution in [2.75, 3.05) is 6.54 Å². The van der Waals surface area contributed by atoms with E-state index in [1.165, 1.54) is 11.1 Å². The molecule has 1 aromatic heterocycles. The molecule has 0 aliphatic rings. The number of amides is 1. The van der Waals surface area contributed by atoms with Gasteiger partial charge in [0.1, 0.15) is 5.82 Å². The van der Waals surface area contributed by atoms with Crippen LogP contribution in [0.3, 0.4) is 0 Å². The van der Waals surface area contributed by atoms with Crippen LogP contribution in [0.25, 0.3) is 11.0 Å². The number of nitrogens with zero attached hydrogens (tertiary/aromatic N) is 2. The summed E-state index contributed by atoms with van der Waals surface area (Å²) in [5.41, 5.74) is 4.64. The lowest BCUT2D eigenvalue weighted by atomic mass is 10.1. The van der Waals surface area contributed by atoms with E-state index in [4.69, 9.17) is 0 Å². The van der Waals surface area contributed by atoms with E-state index in [1.54, 1.807) is 0 Å². The van der Waals surface area contributed by atoms with Gasteiger partial charge in [0.15, 0.2) is 0 Å². The molecule has 4 heteroatoms. The summed E-state index contributed by atoms with van der Waals surface area (Å²) in [5.74, 6) is 1.14. The topological polar surface area (TPSA) is 46.9 Å². The van der Waals surface area contributed by atoms with Gasteiger partial charge in [-0.15, -0.1) is 0 Å². The van der Waals surface area contributed by atoms with E-state index in [9.17, 15) is 4.79 Å². The lowest BCUT2D eigenvalue weighted by molar-refractivity contribution is -0.121. The number of nitrogens with one attached hydrogen (secondary N) is 1. The van der Waals surface area contributed by atoms with E-state index in [-0.39, 0.29) is 5.91 Å². The molecule has 0 spiro atoms. The third kappa shape index (κ3) is 4.47. The highest BCUT2D eigenvalue weighted by atomic mass is 16.1. The maximum atomic E-state index is 12.0. The van der Waals surface area contributed by atoms with Crippen LogP contribution >= 0.6 is 0 Å². The van der Waals surface area contributed by atoms with Crippen LogP contribution in [0.4, 0.5) is 0 Å². The van der Waals surface area contributed by atoms with Crippen molar-refractivity contribution in [2.24, 2.45) is 0 Å². The highest BCUT2D eigenvalue weighted by molar-refractivity contribution is 5.76. The fourth-order valence-corrected chi connectivity index (χ4v) is 3.16. The van der Waals surface area contributed by atoms with Crippen LogP contribution in [-0.2, 0) is 17.8 Å². The molecule has 1 heterocycles. The zero-order chi connectivity index (χ0) is 17.6. The number of para-hydroxylation sites is 2. The minimum atomic E-state index is 0.119. The highest BCUT2D eigenvalue weighted by Gasteiger charge is 2.07. The number of benzene rings is 2. The minimum absolute atomic E-state index is 0.119. The number of hydrogen-bond acceptors (Lipinski definition) is 2. The fraction of sp³-hybridized carbons (Fsp3) is 0.333. The van der Waals surface area contributed by atoms with Gasteiger partial charge in [-0.2, -0.15) is 0 Å². The van der Waals surface area contributed by atoms with Gasteiger partial charge in [0.25, 0.3) is 0 Å². The molecule has 130 valence electrons. The Kier molecular flexibility index (Phi) is 5.49. The monoisotopic (exact) mass is 335 g/mol. The van der Waals surface area contributed by atoms with E-state index < -0.39 is 0 Å². The van der Waals surface area contributed by atoms with E-state index in [0.717, 1.165) is 36.2 Å². The van der Waals surface area contributed by atoms with Gasteiger partial charge in [-0.25, -0.2) is 4.98 Å². The molecule has 0 atom stereocenters. The smallest absolute Gasteiger partial charge is 0.220 e. The number of carbonyl (C=O) groups is 1. The molecule has 0 fully saturated rings. The number of imidazole rings is 1. The summed E-state index contributed by atoms with van der Waals surface area (Å²) in [6, 6.07) is 16.5. The predicted octanol–water partition coefficient (Wildman–Crippen LogP) is 3.79. The SMILES string of the molecule is Cc1cccc(CCC(=O)NCCCn2c(C)nc3ccccc32)c1. The molecule has 0 unspecified atom stereocenters. The molecule has 1 N–H and O–H groups in total. The summed E-state index contributed by atoms with van der Waals surface area (Å²) in [6.45, 7) is 5.66.